The number of aryl methyl sites for hydroxylation is 1. The Balaban J connectivity index is 0.00000364. The highest BCUT2D eigenvalue weighted by Crippen LogP contribution is 2.12. The molecule has 0 bridgehead atoms. The first-order valence-electron chi connectivity index (χ1n) is 8.68. The molecule has 0 unspecified atom stereocenters. The van der Waals surface area contributed by atoms with Gasteiger partial charge in [0.1, 0.15) is 11.6 Å². The largest absolute Gasteiger partial charge is 0.392 e. The predicted molar refractivity (Wildman–Crippen MR) is 115 cm³/mol. The molecule has 0 atom stereocenters. The van der Waals surface area contributed by atoms with Crippen molar-refractivity contribution in [2.24, 2.45) is 4.99 Å². The van der Waals surface area contributed by atoms with Crippen molar-refractivity contribution < 1.29 is 13.9 Å². The zero-order valence-corrected chi connectivity index (χ0v) is 17.9. The SMILES string of the molecule is CCNC(=NCc1ccc(F)c(CO)c1)NCCc1ccc(F)cc1C.I. The van der Waals surface area contributed by atoms with E-state index in [2.05, 4.69) is 15.6 Å². The Kier molecular flexibility index (Phi) is 10.2. The fraction of sp³-hybridized carbons (Fsp3) is 0.350. The van der Waals surface area contributed by atoms with Gasteiger partial charge in [0, 0.05) is 18.7 Å². The number of nitrogens with one attached hydrogen (secondary N) is 2. The third-order valence-electron chi connectivity index (χ3n) is 4.04. The molecule has 0 fully saturated rings. The van der Waals surface area contributed by atoms with Gasteiger partial charge in [0.2, 0.25) is 0 Å². The minimum atomic E-state index is -0.417. The quantitative estimate of drug-likeness (QED) is 0.316. The lowest BCUT2D eigenvalue weighted by Gasteiger charge is -2.12. The highest BCUT2D eigenvalue weighted by Gasteiger charge is 2.04. The zero-order chi connectivity index (χ0) is 18.9. The van der Waals surface area contributed by atoms with E-state index in [0.717, 1.165) is 23.1 Å². The van der Waals surface area contributed by atoms with Gasteiger partial charge in [-0.15, -0.1) is 24.0 Å². The molecule has 2 aromatic rings. The van der Waals surface area contributed by atoms with Gasteiger partial charge in [-0.3, -0.25) is 0 Å². The van der Waals surface area contributed by atoms with E-state index in [1.807, 2.05) is 13.8 Å². The number of hydrogen-bond donors (Lipinski definition) is 3. The lowest BCUT2D eigenvalue weighted by atomic mass is 10.1. The number of aliphatic imine (C=N–C) groups is 1. The highest BCUT2D eigenvalue weighted by atomic mass is 127. The minimum absolute atomic E-state index is 0. The summed E-state index contributed by atoms with van der Waals surface area (Å²) in [5.74, 6) is 0.0118. The average molecular weight is 489 g/mol. The Morgan fingerprint density at radius 2 is 1.85 bits per heavy atom. The third kappa shape index (κ3) is 7.42. The molecule has 0 amide bonds. The van der Waals surface area contributed by atoms with Crippen LogP contribution >= 0.6 is 24.0 Å². The maximum Gasteiger partial charge on any atom is 0.191 e. The van der Waals surface area contributed by atoms with Crippen molar-refractivity contribution in [2.45, 2.75) is 33.4 Å². The van der Waals surface area contributed by atoms with Crippen LogP contribution in [-0.2, 0) is 19.6 Å². The summed E-state index contributed by atoms with van der Waals surface area (Å²) < 4.78 is 26.6. The average Bonchev–Trinajstić information content (AvgIpc) is 2.62. The number of hydrogen-bond acceptors (Lipinski definition) is 2. The summed E-state index contributed by atoms with van der Waals surface area (Å²) in [6, 6.07) is 9.41. The molecule has 0 aliphatic heterocycles. The fourth-order valence-electron chi connectivity index (χ4n) is 2.62. The molecule has 2 aromatic carbocycles. The summed E-state index contributed by atoms with van der Waals surface area (Å²) in [5, 5.41) is 15.5. The predicted octanol–water partition coefficient (Wildman–Crippen LogP) is 3.68. The van der Waals surface area contributed by atoms with E-state index >= 15 is 0 Å². The molecule has 0 aliphatic carbocycles. The second-order valence-corrected chi connectivity index (χ2v) is 6.03. The van der Waals surface area contributed by atoms with Gasteiger partial charge < -0.3 is 15.7 Å². The van der Waals surface area contributed by atoms with Crippen LogP contribution in [0.1, 0.15) is 29.2 Å². The molecule has 0 aromatic heterocycles. The number of benzene rings is 2. The molecule has 0 heterocycles. The van der Waals surface area contributed by atoms with E-state index in [9.17, 15) is 8.78 Å². The molecule has 0 saturated carbocycles. The molecule has 4 nitrogen and oxygen atoms in total. The van der Waals surface area contributed by atoms with Gasteiger partial charge in [0.15, 0.2) is 5.96 Å². The van der Waals surface area contributed by atoms with E-state index in [4.69, 9.17) is 5.11 Å². The van der Waals surface area contributed by atoms with Gasteiger partial charge in [-0.1, -0.05) is 12.1 Å². The normalized spacial score (nSPS) is 11.1. The Labute approximate surface area is 176 Å². The van der Waals surface area contributed by atoms with E-state index in [1.165, 1.54) is 18.2 Å². The number of guanidine groups is 1. The van der Waals surface area contributed by atoms with Crippen LogP contribution in [0.15, 0.2) is 41.4 Å². The molecule has 2 rings (SSSR count). The fourth-order valence-corrected chi connectivity index (χ4v) is 2.62. The van der Waals surface area contributed by atoms with Gasteiger partial charge in [-0.2, -0.15) is 0 Å². The Morgan fingerprint density at radius 1 is 1.07 bits per heavy atom. The molecule has 0 radical (unpaired) electrons. The van der Waals surface area contributed by atoms with E-state index in [1.54, 1.807) is 18.2 Å². The zero-order valence-electron chi connectivity index (χ0n) is 15.6. The Hall–Kier alpha value is -1.74. The molecule has 3 N–H and O–H groups in total. The number of aliphatic hydroxyl groups excluding tert-OH is 1. The summed E-state index contributed by atoms with van der Waals surface area (Å²) in [5.41, 5.74) is 3.10. The maximum atomic E-state index is 13.4. The summed E-state index contributed by atoms with van der Waals surface area (Å²) in [7, 11) is 0. The second kappa shape index (κ2) is 11.9. The highest BCUT2D eigenvalue weighted by molar-refractivity contribution is 14.0. The standard InChI is InChI=1S/C20H25F2N3O.HI/c1-3-23-20(24-9-8-16-5-6-18(21)10-14(16)2)25-12-15-4-7-19(22)17(11-15)13-26;/h4-7,10-11,26H,3,8-9,12-13H2,1-2H3,(H2,23,24,25);1H. The molecule has 27 heavy (non-hydrogen) atoms. The summed E-state index contributed by atoms with van der Waals surface area (Å²) in [4.78, 5) is 4.49. The third-order valence-corrected chi connectivity index (χ3v) is 4.04. The lowest BCUT2D eigenvalue weighted by Crippen LogP contribution is -2.38. The van der Waals surface area contributed by atoms with Crippen LogP contribution in [0, 0.1) is 18.6 Å². The first-order valence-corrected chi connectivity index (χ1v) is 8.68. The monoisotopic (exact) mass is 489 g/mol. The Morgan fingerprint density at radius 3 is 2.52 bits per heavy atom. The number of halogens is 3. The van der Waals surface area contributed by atoms with E-state index in [-0.39, 0.29) is 42.0 Å². The van der Waals surface area contributed by atoms with Crippen LogP contribution in [0.25, 0.3) is 0 Å². The van der Waals surface area contributed by atoms with Crippen LogP contribution in [0.5, 0.6) is 0 Å². The van der Waals surface area contributed by atoms with Crippen molar-refractivity contribution >= 4 is 29.9 Å². The van der Waals surface area contributed by atoms with Crippen LogP contribution in [0.4, 0.5) is 8.78 Å². The maximum absolute atomic E-state index is 13.4. The van der Waals surface area contributed by atoms with Gasteiger partial charge >= 0.3 is 0 Å². The molecule has 0 saturated heterocycles. The van der Waals surface area contributed by atoms with Crippen LogP contribution in [0.2, 0.25) is 0 Å². The van der Waals surface area contributed by atoms with Gasteiger partial charge in [0.05, 0.1) is 13.2 Å². The van der Waals surface area contributed by atoms with E-state index < -0.39 is 5.82 Å². The van der Waals surface area contributed by atoms with Crippen LogP contribution in [-0.4, -0.2) is 24.2 Å². The smallest absolute Gasteiger partial charge is 0.191 e. The first kappa shape index (κ1) is 23.3. The number of nitrogens with zero attached hydrogens (tertiary/aromatic N) is 1. The van der Waals surface area contributed by atoms with Crippen molar-refractivity contribution in [2.75, 3.05) is 13.1 Å². The van der Waals surface area contributed by atoms with E-state index in [0.29, 0.717) is 25.6 Å². The summed E-state index contributed by atoms with van der Waals surface area (Å²) in [6.45, 7) is 5.28. The van der Waals surface area contributed by atoms with Crippen molar-refractivity contribution in [3.63, 3.8) is 0 Å². The molecule has 148 valence electrons. The van der Waals surface area contributed by atoms with Crippen LogP contribution < -0.4 is 10.6 Å². The van der Waals surface area contributed by atoms with Crippen molar-refractivity contribution in [1.29, 1.82) is 0 Å². The number of aliphatic hydroxyl groups is 1. The molecular formula is C20H26F2IN3O. The van der Waals surface area contributed by atoms with Crippen molar-refractivity contribution in [3.8, 4) is 0 Å². The molecule has 0 spiro atoms. The van der Waals surface area contributed by atoms with Crippen LogP contribution in [0.3, 0.4) is 0 Å². The topological polar surface area (TPSA) is 56.7 Å². The second-order valence-electron chi connectivity index (χ2n) is 6.03. The minimum Gasteiger partial charge on any atom is -0.392 e. The molecular weight excluding hydrogens is 463 g/mol. The van der Waals surface area contributed by atoms with Gasteiger partial charge in [-0.05, 0) is 61.2 Å². The summed E-state index contributed by atoms with van der Waals surface area (Å²) >= 11 is 0. The lowest BCUT2D eigenvalue weighted by molar-refractivity contribution is 0.275. The van der Waals surface area contributed by atoms with Gasteiger partial charge in [-0.25, -0.2) is 13.8 Å². The first-order chi connectivity index (χ1) is 12.5. The van der Waals surface area contributed by atoms with Gasteiger partial charge in [0.25, 0.3) is 0 Å². The Bertz CT molecular complexity index is 769. The summed E-state index contributed by atoms with van der Waals surface area (Å²) in [6.07, 6.45) is 0.752. The number of rotatable bonds is 7. The van der Waals surface area contributed by atoms with Crippen molar-refractivity contribution in [3.05, 3.63) is 70.3 Å². The molecule has 7 heteroatoms. The molecule has 0 aliphatic rings. The van der Waals surface area contributed by atoms with Crippen molar-refractivity contribution in [1.82, 2.24) is 10.6 Å².